The molecule has 0 amide bonds. The molecule has 0 spiro atoms. The molecule has 4 atom stereocenters. The van der Waals surface area contributed by atoms with Gasteiger partial charge in [-0.25, -0.2) is 0 Å². The zero-order chi connectivity index (χ0) is 14.3. The van der Waals surface area contributed by atoms with Gasteiger partial charge < -0.3 is 15.8 Å². The van der Waals surface area contributed by atoms with E-state index in [0.717, 1.165) is 43.7 Å². The first kappa shape index (κ1) is 16.9. The van der Waals surface area contributed by atoms with Gasteiger partial charge in [0, 0.05) is 19.2 Å². The van der Waals surface area contributed by atoms with Gasteiger partial charge in [0.25, 0.3) is 0 Å². The molecule has 3 heteroatoms. The molecule has 19 heavy (non-hydrogen) atoms. The van der Waals surface area contributed by atoms with E-state index in [1.165, 1.54) is 19.3 Å². The third-order valence-corrected chi connectivity index (χ3v) is 4.60. The molecular formula is C16H34N2O. The summed E-state index contributed by atoms with van der Waals surface area (Å²) in [5.74, 6) is 2.43. The van der Waals surface area contributed by atoms with Crippen molar-refractivity contribution in [2.45, 2.75) is 65.0 Å². The second-order valence-corrected chi connectivity index (χ2v) is 6.68. The van der Waals surface area contributed by atoms with Gasteiger partial charge in [0.1, 0.15) is 0 Å². The van der Waals surface area contributed by atoms with Crippen molar-refractivity contribution in [3.63, 3.8) is 0 Å². The van der Waals surface area contributed by atoms with Crippen molar-refractivity contribution >= 4 is 0 Å². The minimum absolute atomic E-state index is 0.463. The fraction of sp³-hybridized carbons (Fsp3) is 1.00. The molecule has 0 radical (unpaired) electrons. The molecule has 1 aliphatic rings. The monoisotopic (exact) mass is 270 g/mol. The van der Waals surface area contributed by atoms with E-state index < -0.39 is 0 Å². The Morgan fingerprint density at radius 2 is 2.05 bits per heavy atom. The number of methoxy groups -OCH3 is 1. The summed E-state index contributed by atoms with van der Waals surface area (Å²) in [4.78, 5) is 0. The van der Waals surface area contributed by atoms with Crippen molar-refractivity contribution in [2.75, 3.05) is 20.3 Å². The van der Waals surface area contributed by atoms with E-state index in [1.807, 2.05) is 0 Å². The van der Waals surface area contributed by atoms with Gasteiger partial charge in [0.2, 0.25) is 0 Å². The average Bonchev–Trinajstić information content (AvgIpc) is 2.36. The lowest BCUT2D eigenvalue weighted by molar-refractivity contribution is 0.116. The highest BCUT2D eigenvalue weighted by Crippen LogP contribution is 2.33. The summed E-state index contributed by atoms with van der Waals surface area (Å²) in [6.45, 7) is 8.68. The van der Waals surface area contributed by atoms with Crippen molar-refractivity contribution in [1.29, 1.82) is 0 Å². The van der Waals surface area contributed by atoms with Crippen molar-refractivity contribution in [3.8, 4) is 0 Å². The van der Waals surface area contributed by atoms with E-state index in [4.69, 9.17) is 10.5 Å². The minimum Gasteiger partial charge on any atom is -0.383 e. The number of hydrogen-bond acceptors (Lipinski definition) is 3. The maximum atomic E-state index is 5.64. The van der Waals surface area contributed by atoms with Crippen LogP contribution in [0.15, 0.2) is 0 Å². The standard InChI is InChI=1S/C16H34N2O/c1-12(2)15-8-7-13(3)10-16(15)18-14(11-19-4)6-5-9-17/h12-16,18H,5-11,17H2,1-4H3. The van der Waals surface area contributed by atoms with Crippen LogP contribution in [-0.4, -0.2) is 32.3 Å². The number of hydrogen-bond donors (Lipinski definition) is 2. The molecule has 4 unspecified atom stereocenters. The third-order valence-electron chi connectivity index (χ3n) is 4.60. The van der Waals surface area contributed by atoms with E-state index >= 15 is 0 Å². The largest absolute Gasteiger partial charge is 0.383 e. The van der Waals surface area contributed by atoms with Gasteiger partial charge >= 0.3 is 0 Å². The van der Waals surface area contributed by atoms with Gasteiger partial charge in [-0.05, 0) is 50.0 Å². The molecule has 0 heterocycles. The Labute approximate surface area is 119 Å². The molecule has 0 bridgehead atoms. The lowest BCUT2D eigenvalue weighted by Crippen LogP contribution is -2.49. The third kappa shape index (κ3) is 5.80. The van der Waals surface area contributed by atoms with Crippen molar-refractivity contribution in [3.05, 3.63) is 0 Å². The summed E-state index contributed by atoms with van der Waals surface area (Å²) in [6, 6.07) is 1.12. The van der Waals surface area contributed by atoms with Gasteiger partial charge in [-0.3, -0.25) is 0 Å². The summed E-state index contributed by atoms with van der Waals surface area (Å²) in [5, 5.41) is 3.87. The molecule has 3 nitrogen and oxygen atoms in total. The Balaban J connectivity index is 2.56. The molecular weight excluding hydrogens is 236 g/mol. The molecule has 0 aromatic rings. The first-order valence-corrected chi connectivity index (χ1v) is 8.03. The first-order valence-electron chi connectivity index (χ1n) is 8.03. The van der Waals surface area contributed by atoms with Gasteiger partial charge in [-0.2, -0.15) is 0 Å². The predicted octanol–water partition coefficient (Wildman–Crippen LogP) is 2.79. The Hall–Kier alpha value is -0.120. The molecule has 0 aromatic carbocycles. The predicted molar refractivity (Wildman–Crippen MR) is 82.2 cm³/mol. The summed E-state index contributed by atoms with van der Waals surface area (Å²) in [6.07, 6.45) is 6.27. The quantitative estimate of drug-likeness (QED) is 0.713. The lowest BCUT2D eigenvalue weighted by atomic mass is 9.73. The molecule has 3 N–H and O–H groups in total. The zero-order valence-corrected chi connectivity index (χ0v) is 13.3. The second kappa shape index (κ2) is 8.93. The van der Waals surface area contributed by atoms with E-state index in [1.54, 1.807) is 7.11 Å². The second-order valence-electron chi connectivity index (χ2n) is 6.68. The Morgan fingerprint density at radius 3 is 2.63 bits per heavy atom. The maximum absolute atomic E-state index is 5.64. The van der Waals surface area contributed by atoms with E-state index in [-0.39, 0.29) is 0 Å². The van der Waals surface area contributed by atoms with Crippen LogP contribution in [0.4, 0.5) is 0 Å². The number of nitrogens with one attached hydrogen (secondary N) is 1. The van der Waals surface area contributed by atoms with Crippen LogP contribution in [0, 0.1) is 17.8 Å². The molecule has 1 saturated carbocycles. The van der Waals surface area contributed by atoms with E-state index in [0.29, 0.717) is 12.1 Å². The van der Waals surface area contributed by atoms with Crippen LogP contribution in [0.3, 0.4) is 0 Å². The van der Waals surface area contributed by atoms with Crippen molar-refractivity contribution in [1.82, 2.24) is 5.32 Å². The van der Waals surface area contributed by atoms with E-state index in [2.05, 4.69) is 26.1 Å². The Kier molecular flexibility index (Phi) is 7.96. The van der Waals surface area contributed by atoms with Crippen LogP contribution in [-0.2, 0) is 4.74 Å². The zero-order valence-electron chi connectivity index (χ0n) is 13.3. The summed E-state index contributed by atoms with van der Waals surface area (Å²) < 4.78 is 5.36. The van der Waals surface area contributed by atoms with Crippen LogP contribution in [0.25, 0.3) is 0 Å². The number of rotatable bonds is 8. The Bertz CT molecular complexity index is 233. The van der Waals surface area contributed by atoms with Gasteiger partial charge in [-0.15, -0.1) is 0 Å². The topological polar surface area (TPSA) is 47.3 Å². The SMILES string of the molecule is COCC(CCCN)NC1CC(C)CCC1C(C)C. The fourth-order valence-electron chi connectivity index (χ4n) is 3.48. The molecule has 0 aromatic heterocycles. The summed E-state index contributed by atoms with van der Waals surface area (Å²) in [5.41, 5.74) is 5.64. The lowest BCUT2D eigenvalue weighted by Gasteiger charge is -2.40. The summed E-state index contributed by atoms with van der Waals surface area (Å²) >= 11 is 0. The maximum Gasteiger partial charge on any atom is 0.0615 e. The molecule has 0 saturated heterocycles. The number of ether oxygens (including phenoxy) is 1. The fourth-order valence-corrected chi connectivity index (χ4v) is 3.48. The molecule has 1 fully saturated rings. The highest BCUT2D eigenvalue weighted by atomic mass is 16.5. The van der Waals surface area contributed by atoms with Gasteiger partial charge in [0.05, 0.1) is 6.61 Å². The highest BCUT2D eigenvalue weighted by molar-refractivity contribution is 4.87. The minimum atomic E-state index is 0.463. The van der Waals surface area contributed by atoms with E-state index in [9.17, 15) is 0 Å². The van der Waals surface area contributed by atoms with Crippen LogP contribution in [0.5, 0.6) is 0 Å². The van der Waals surface area contributed by atoms with Gasteiger partial charge in [-0.1, -0.05) is 27.2 Å². The highest BCUT2D eigenvalue weighted by Gasteiger charge is 2.31. The van der Waals surface area contributed by atoms with Crippen LogP contribution >= 0.6 is 0 Å². The van der Waals surface area contributed by atoms with Crippen molar-refractivity contribution in [2.24, 2.45) is 23.5 Å². The summed E-state index contributed by atoms with van der Waals surface area (Å²) in [7, 11) is 1.79. The molecule has 1 aliphatic carbocycles. The number of nitrogens with two attached hydrogens (primary N) is 1. The van der Waals surface area contributed by atoms with Crippen molar-refractivity contribution < 1.29 is 4.74 Å². The van der Waals surface area contributed by atoms with Crippen LogP contribution < -0.4 is 11.1 Å². The first-order chi connectivity index (χ1) is 9.08. The molecule has 1 rings (SSSR count). The smallest absolute Gasteiger partial charge is 0.0615 e. The Morgan fingerprint density at radius 1 is 1.32 bits per heavy atom. The average molecular weight is 270 g/mol. The van der Waals surface area contributed by atoms with Crippen LogP contribution in [0.1, 0.15) is 52.9 Å². The normalized spacial score (nSPS) is 29.7. The van der Waals surface area contributed by atoms with Gasteiger partial charge in [0.15, 0.2) is 0 Å². The molecule has 114 valence electrons. The molecule has 0 aliphatic heterocycles. The van der Waals surface area contributed by atoms with Crippen LogP contribution in [0.2, 0.25) is 0 Å².